The predicted octanol–water partition coefficient (Wildman–Crippen LogP) is 6.78. The third-order valence-corrected chi connectivity index (χ3v) is 6.96. The van der Waals surface area contributed by atoms with Crippen LogP contribution in [0.5, 0.6) is 0 Å². The van der Waals surface area contributed by atoms with Gasteiger partial charge in [-0.15, -0.1) is 0 Å². The van der Waals surface area contributed by atoms with Crippen LogP contribution in [-0.4, -0.2) is 27.5 Å². The fourth-order valence-corrected chi connectivity index (χ4v) is 5.23. The molecule has 7 nitrogen and oxygen atoms in total. The van der Waals surface area contributed by atoms with Gasteiger partial charge in [0.2, 0.25) is 0 Å². The summed E-state index contributed by atoms with van der Waals surface area (Å²) in [4.78, 5) is 37.3. The molecule has 10 heteroatoms. The van der Waals surface area contributed by atoms with E-state index in [0.717, 1.165) is 37.4 Å². The maximum absolute atomic E-state index is 12.7. The smallest absolute Gasteiger partial charge is 0.293 e. The van der Waals surface area contributed by atoms with Crippen molar-refractivity contribution in [1.29, 1.82) is 0 Å². The average molecular weight is 481 g/mol. The Bertz CT molecular complexity index is 1090. The number of nitro benzene ring substituents is 1. The second kappa shape index (κ2) is 9.06. The number of benzene rings is 1. The topological polar surface area (TPSA) is 93.7 Å². The van der Waals surface area contributed by atoms with Gasteiger partial charge in [-0.05, 0) is 48.7 Å². The lowest BCUT2D eigenvalue weighted by atomic mass is 9.89. The van der Waals surface area contributed by atoms with Gasteiger partial charge in [0.25, 0.3) is 16.8 Å². The third-order valence-electron chi connectivity index (χ3n) is 5.44. The monoisotopic (exact) mass is 480 g/mol. The van der Waals surface area contributed by atoms with Gasteiger partial charge >= 0.3 is 0 Å². The molecule has 0 bridgehead atoms. The van der Waals surface area contributed by atoms with E-state index < -0.39 is 4.92 Å². The molecule has 0 N–H and O–H groups in total. The Kier molecular flexibility index (Phi) is 6.41. The second-order valence-corrected chi connectivity index (χ2v) is 9.35. The van der Waals surface area contributed by atoms with Gasteiger partial charge in [0.05, 0.1) is 14.9 Å². The lowest BCUT2D eigenvalue weighted by molar-refractivity contribution is -0.384. The van der Waals surface area contributed by atoms with Crippen LogP contribution in [0.3, 0.4) is 0 Å². The van der Waals surface area contributed by atoms with Gasteiger partial charge in [-0.25, -0.2) is 0 Å². The minimum Gasteiger partial charge on any atom is -0.457 e. The number of rotatable bonds is 5. The van der Waals surface area contributed by atoms with Crippen LogP contribution in [0.25, 0.3) is 17.4 Å². The highest BCUT2D eigenvalue weighted by atomic mass is 35.5. The summed E-state index contributed by atoms with van der Waals surface area (Å²) < 4.78 is 5.73. The minimum absolute atomic E-state index is 0.0721. The number of hydrogen-bond donors (Lipinski definition) is 0. The van der Waals surface area contributed by atoms with Crippen LogP contribution in [0.1, 0.15) is 37.9 Å². The van der Waals surface area contributed by atoms with Crippen molar-refractivity contribution in [2.24, 2.45) is 5.92 Å². The molecular weight excluding hydrogens is 463 g/mol. The summed E-state index contributed by atoms with van der Waals surface area (Å²) in [6.07, 6.45) is 7.06. The third kappa shape index (κ3) is 4.66. The maximum atomic E-state index is 12.7. The van der Waals surface area contributed by atoms with Gasteiger partial charge in [-0.3, -0.25) is 24.6 Å². The number of halogens is 2. The summed E-state index contributed by atoms with van der Waals surface area (Å²) >= 11 is 12.9. The number of thioether (sulfide) groups is 1. The molecule has 2 heterocycles. The fourth-order valence-electron chi connectivity index (χ4n) is 3.86. The summed E-state index contributed by atoms with van der Waals surface area (Å²) in [6.45, 7) is 0.454. The van der Waals surface area contributed by atoms with Gasteiger partial charge in [-0.1, -0.05) is 42.5 Å². The van der Waals surface area contributed by atoms with Crippen LogP contribution in [0.15, 0.2) is 33.6 Å². The summed E-state index contributed by atoms with van der Waals surface area (Å²) in [5, 5.41) is 11.0. The summed E-state index contributed by atoms with van der Waals surface area (Å²) in [6, 6.07) is 5.74. The van der Waals surface area contributed by atoms with E-state index in [4.69, 9.17) is 27.6 Å². The normalized spacial score (nSPS) is 18.9. The number of nitrogens with zero attached hydrogens (tertiary/aromatic N) is 2. The van der Waals surface area contributed by atoms with Crippen molar-refractivity contribution in [2.75, 3.05) is 6.54 Å². The van der Waals surface area contributed by atoms with Gasteiger partial charge in [0, 0.05) is 24.3 Å². The van der Waals surface area contributed by atoms with Crippen molar-refractivity contribution in [2.45, 2.75) is 32.1 Å². The minimum atomic E-state index is -0.603. The number of nitro groups is 1. The summed E-state index contributed by atoms with van der Waals surface area (Å²) in [5.74, 6) is 0.669. The number of hydrogen-bond acceptors (Lipinski definition) is 6. The van der Waals surface area contributed by atoms with Crippen molar-refractivity contribution in [3.05, 3.63) is 55.1 Å². The van der Waals surface area contributed by atoms with Gasteiger partial charge in [0.1, 0.15) is 16.5 Å². The molecule has 31 heavy (non-hydrogen) atoms. The molecule has 0 radical (unpaired) electrons. The van der Waals surface area contributed by atoms with E-state index in [9.17, 15) is 19.7 Å². The van der Waals surface area contributed by atoms with Crippen molar-refractivity contribution in [1.82, 2.24) is 4.90 Å². The SMILES string of the molecule is O=C1S/C(=C/c2ccc(-c3cc([N+](=O)[O-])c(Cl)cc3Cl)o2)C(=O)N1CC1CCCCC1. The Labute approximate surface area is 192 Å². The molecule has 4 rings (SSSR count). The van der Waals surface area contributed by atoms with Gasteiger partial charge in [0.15, 0.2) is 0 Å². The van der Waals surface area contributed by atoms with E-state index in [2.05, 4.69) is 0 Å². The standard InChI is InChI=1S/C21H18Cl2N2O5S/c22-15-10-16(23)17(25(28)29)9-14(15)18-7-6-13(30-18)8-19-20(26)24(21(27)31-19)11-12-4-2-1-3-5-12/h6-10,12H,1-5,11H2/b19-8+. The number of imide groups is 1. The highest BCUT2D eigenvalue weighted by Gasteiger charge is 2.36. The summed E-state index contributed by atoms with van der Waals surface area (Å²) in [7, 11) is 0. The molecule has 1 aliphatic heterocycles. The Morgan fingerprint density at radius 2 is 1.90 bits per heavy atom. The zero-order valence-corrected chi connectivity index (χ0v) is 18.6. The average Bonchev–Trinajstić information content (AvgIpc) is 3.29. The molecule has 1 saturated heterocycles. The van der Waals surface area contributed by atoms with Crippen LogP contribution in [-0.2, 0) is 4.79 Å². The molecular formula is C21H18Cl2N2O5S. The molecule has 1 aromatic carbocycles. The van der Waals surface area contributed by atoms with E-state index in [1.54, 1.807) is 12.1 Å². The number of furan rings is 1. The molecule has 2 aromatic rings. The predicted molar refractivity (Wildman–Crippen MR) is 120 cm³/mol. The molecule has 0 spiro atoms. The molecule has 2 aliphatic rings. The zero-order valence-electron chi connectivity index (χ0n) is 16.3. The molecule has 1 aliphatic carbocycles. The molecule has 0 atom stereocenters. The van der Waals surface area contributed by atoms with E-state index in [1.165, 1.54) is 29.5 Å². The van der Waals surface area contributed by atoms with Crippen LogP contribution in [0, 0.1) is 16.0 Å². The molecule has 2 fully saturated rings. The van der Waals surface area contributed by atoms with Crippen LogP contribution in [0.2, 0.25) is 10.0 Å². The Morgan fingerprint density at radius 1 is 1.16 bits per heavy atom. The van der Waals surface area contributed by atoms with Gasteiger partial charge in [-0.2, -0.15) is 0 Å². The number of carbonyl (C=O) groups is 2. The lowest BCUT2D eigenvalue weighted by Crippen LogP contribution is -2.34. The van der Waals surface area contributed by atoms with Crippen molar-refractivity contribution < 1.29 is 18.9 Å². The molecule has 0 unspecified atom stereocenters. The lowest BCUT2D eigenvalue weighted by Gasteiger charge is -2.25. The molecule has 1 saturated carbocycles. The first-order valence-corrected chi connectivity index (χ1v) is 11.4. The fraction of sp³-hybridized carbons (Fsp3) is 0.333. The highest BCUT2D eigenvalue weighted by molar-refractivity contribution is 8.18. The van der Waals surface area contributed by atoms with Crippen molar-refractivity contribution in [3.63, 3.8) is 0 Å². The first kappa shape index (κ1) is 21.9. The van der Waals surface area contributed by atoms with Crippen LogP contribution in [0.4, 0.5) is 10.5 Å². The first-order chi connectivity index (χ1) is 14.8. The maximum Gasteiger partial charge on any atom is 0.293 e. The largest absolute Gasteiger partial charge is 0.457 e. The quantitative estimate of drug-likeness (QED) is 0.266. The number of carbonyl (C=O) groups excluding carboxylic acids is 2. The van der Waals surface area contributed by atoms with Crippen LogP contribution >= 0.6 is 35.0 Å². The molecule has 162 valence electrons. The van der Waals surface area contributed by atoms with E-state index in [-0.39, 0.29) is 37.5 Å². The zero-order chi connectivity index (χ0) is 22.1. The molecule has 2 amide bonds. The Hall–Kier alpha value is -2.29. The Morgan fingerprint density at radius 3 is 2.61 bits per heavy atom. The second-order valence-electron chi connectivity index (χ2n) is 7.54. The highest BCUT2D eigenvalue weighted by Crippen LogP contribution is 2.39. The van der Waals surface area contributed by atoms with Crippen molar-refractivity contribution >= 4 is 57.9 Å². The van der Waals surface area contributed by atoms with E-state index >= 15 is 0 Å². The first-order valence-electron chi connectivity index (χ1n) is 9.82. The van der Waals surface area contributed by atoms with Crippen molar-refractivity contribution in [3.8, 4) is 11.3 Å². The number of amides is 2. The Balaban J connectivity index is 1.55. The van der Waals surface area contributed by atoms with E-state index in [0.29, 0.717) is 23.8 Å². The van der Waals surface area contributed by atoms with Crippen LogP contribution < -0.4 is 0 Å². The molecule has 1 aromatic heterocycles. The summed E-state index contributed by atoms with van der Waals surface area (Å²) in [5.41, 5.74) is 0.0191. The van der Waals surface area contributed by atoms with Gasteiger partial charge < -0.3 is 4.42 Å². The van der Waals surface area contributed by atoms with E-state index in [1.807, 2.05) is 0 Å².